The zero-order valence-electron chi connectivity index (χ0n) is 14.1. The molecule has 4 heteroatoms. The summed E-state index contributed by atoms with van der Waals surface area (Å²) < 4.78 is 5.19. The lowest BCUT2D eigenvalue weighted by Gasteiger charge is -2.05. The Hall–Kier alpha value is -1.84. The van der Waals surface area contributed by atoms with Crippen molar-refractivity contribution < 1.29 is 19.4 Å². The summed E-state index contributed by atoms with van der Waals surface area (Å²) in [7, 11) is 0. The molecule has 0 spiro atoms. The third-order valence-corrected chi connectivity index (χ3v) is 3.82. The number of carboxylic acids is 1. The minimum absolute atomic E-state index is 0.184. The van der Waals surface area contributed by atoms with Gasteiger partial charge in [-0.2, -0.15) is 0 Å². The first-order valence-electron chi connectivity index (χ1n) is 8.67. The molecule has 0 saturated heterocycles. The van der Waals surface area contributed by atoms with Gasteiger partial charge in [0.1, 0.15) is 5.75 Å². The van der Waals surface area contributed by atoms with Crippen LogP contribution in [0.2, 0.25) is 0 Å². The fraction of sp³-hybridized carbons (Fsp3) is 0.579. The highest BCUT2D eigenvalue weighted by molar-refractivity contribution is 5.87. The van der Waals surface area contributed by atoms with Gasteiger partial charge < -0.3 is 9.84 Å². The highest BCUT2D eigenvalue weighted by Gasteiger charge is 2.06. The number of unbranched alkanes of at least 4 members (excludes halogenated alkanes) is 8. The van der Waals surface area contributed by atoms with E-state index in [4.69, 9.17) is 9.84 Å². The van der Waals surface area contributed by atoms with E-state index in [-0.39, 0.29) is 11.5 Å². The van der Waals surface area contributed by atoms with E-state index in [1.165, 1.54) is 69.2 Å². The average molecular weight is 320 g/mol. The van der Waals surface area contributed by atoms with Crippen LogP contribution in [0, 0.1) is 0 Å². The van der Waals surface area contributed by atoms with Crippen LogP contribution in [-0.2, 0) is 4.79 Å². The number of hydrogen-bond acceptors (Lipinski definition) is 3. The van der Waals surface area contributed by atoms with Crippen LogP contribution in [0.4, 0.5) is 0 Å². The minimum Gasteiger partial charge on any atom is -0.478 e. The number of rotatable bonds is 12. The summed E-state index contributed by atoms with van der Waals surface area (Å²) in [6, 6.07) is 5.89. The van der Waals surface area contributed by atoms with Crippen molar-refractivity contribution in [3.63, 3.8) is 0 Å². The lowest BCUT2D eigenvalue weighted by Crippen LogP contribution is -2.07. The number of carbonyl (C=O) groups excluding carboxylic acids is 1. The number of carboxylic acid groups (broad SMARTS) is 1. The summed E-state index contributed by atoms with van der Waals surface area (Å²) in [5.74, 6) is -0.843. The van der Waals surface area contributed by atoms with Gasteiger partial charge in [0.15, 0.2) is 0 Å². The van der Waals surface area contributed by atoms with Crippen LogP contribution >= 0.6 is 0 Å². The number of aromatic carboxylic acids is 1. The SMILES string of the molecule is CCCCCCCCCCCC(=O)Oc1ccc(C(=O)O)cc1. The van der Waals surface area contributed by atoms with Crippen molar-refractivity contribution in [3.8, 4) is 5.75 Å². The first kappa shape index (κ1) is 19.2. The second kappa shape index (κ2) is 11.7. The molecule has 0 fully saturated rings. The monoisotopic (exact) mass is 320 g/mol. The second-order valence-electron chi connectivity index (χ2n) is 5.88. The van der Waals surface area contributed by atoms with Crippen molar-refractivity contribution >= 4 is 11.9 Å². The van der Waals surface area contributed by atoms with E-state index in [1.54, 1.807) is 0 Å². The summed E-state index contributed by atoms with van der Waals surface area (Å²) in [5, 5.41) is 8.80. The van der Waals surface area contributed by atoms with Gasteiger partial charge in [0, 0.05) is 6.42 Å². The Morgan fingerprint density at radius 2 is 1.39 bits per heavy atom. The van der Waals surface area contributed by atoms with Gasteiger partial charge in [0.05, 0.1) is 5.56 Å². The third kappa shape index (κ3) is 9.01. The second-order valence-corrected chi connectivity index (χ2v) is 5.88. The van der Waals surface area contributed by atoms with E-state index in [1.807, 2.05) is 0 Å². The fourth-order valence-corrected chi connectivity index (χ4v) is 2.43. The summed E-state index contributed by atoms with van der Waals surface area (Å²) in [5.41, 5.74) is 0.184. The van der Waals surface area contributed by atoms with Crippen molar-refractivity contribution in [1.82, 2.24) is 0 Å². The molecule has 23 heavy (non-hydrogen) atoms. The molecule has 4 nitrogen and oxygen atoms in total. The van der Waals surface area contributed by atoms with Gasteiger partial charge in [0.2, 0.25) is 0 Å². The van der Waals surface area contributed by atoms with Crippen LogP contribution in [0.15, 0.2) is 24.3 Å². The molecule has 0 amide bonds. The number of ether oxygens (including phenoxy) is 1. The smallest absolute Gasteiger partial charge is 0.335 e. The zero-order valence-corrected chi connectivity index (χ0v) is 14.1. The summed E-state index contributed by atoms with van der Waals surface area (Å²) in [4.78, 5) is 22.4. The molecular weight excluding hydrogens is 292 g/mol. The highest BCUT2D eigenvalue weighted by atomic mass is 16.5. The van der Waals surface area contributed by atoms with Gasteiger partial charge >= 0.3 is 11.9 Å². The number of hydrogen-bond donors (Lipinski definition) is 1. The van der Waals surface area contributed by atoms with E-state index in [9.17, 15) is 9.59 Å². The Morgan fingerprint density at radius 3 is 1.91 bits per heavy atom. The summed E-state index contributed by atoms with van der Waals surface area (Å²) >= 11 is 0. The molecule has 1 aromatic carbocycles. The first-order valence-corrected chi connectivity index (χ1v) is 8.67. The lowest BCUT2D eigenvalue weighted by atomic mass is 10.1. The topological polar surface area (TPSA) is 63.6 Å². The van der Waals surface area contributed by atoms with E-state index in [2.05, 4.69) is 6.92 Å². The molecule has 128 valence electrons. The van der Waals surface area contributed by atoms with Crippen molar-refractivity contribution in [1.29, 1.82) is 0 Å². The maximum Gasteiger partial charge on any atom is 0.335 e. The molecule has 0 aromatic heterocycles. The Labute approximate surface area is 138 Å². The van der Waals surface area contributed by atoms with Gasteiger partial charge in [-0.1, -0.05) is 58.3 Å². The maximum atomic E-state index is 11.7. The molecule has 1 aromatic rings. The van der Waals surface area contributed by atoms with E-state index in [0.717, 1.165) is 12.8 Å². The van der Waals surface area contributed by atoms with Gasteiger partial charge in [-0.25, -0.2) is 4.79 Å². The van der Waals surface area contributed by atoms with Gasteiger partial charge in [-0.05, 0) is 30.7 Å². The number of esters is 1. The highest BCUT2D eigenvalue weighted by Crippen LogP contribution is 2.14. The van der Waals surface area contributed by atoms with Crippen LogP contribution in [0.3, 0.4) is 0 Å². The Kier molecular flexibility index (Phi) is 9.76. The Bertz CT molecular complexity index is 465. The van der Waals surface area contributed by atoms with Crippen LogP contribution in [-0.4, -0.2) is 17.0 Å². The molecular formula is C19H28O4. The number of carbonyl (C=O) groups is 2. The predicted molar refractivity (Wildman–Crippen MR) is 90.9 cm³/mol. The molecule has 1 N–H and O–H groups in total. The van der Waals surface area contributed by atoms with E-state index < -0.39 is 5.97 Å². The Balaban J connectivity index is 2.07. The lowest BCUT2D eigenvalue weighted by molar-refractivity contribution is -0.134. The van der Waals surface area contributed by atoms with Crippen molar-refractivity contribution in [2.75, 3.05) is 0 Å². The van der Waals surface area contributed by atoms with Crippen LogP contribution in [0.25, 0.3) is 0 Å². The standard InChI is InChI=1S/C19H28O4/c1-2-3-4-5-6-7-8-9-10-11-18(20)23-17-14-12-16(13-15-17)19(21)22/h12-15H,2-11H2,1H3,(H,21,22). The van der Waals surface area contributed by atoms with E-state index >= 15 is 0 Å². The molecule has 0 aliphatic heterocycles. The van der Waals surface area contributed by atoms with Gasteiger partial charge in [-0.3, -0.25) is 4.79 Å². The molecule has 0 aliphatic carbocycles. The zero-order chi connectivity index (χ0) is 16.9. The van der Waals surface area contributed by atoms with E-state index in [0.29, 0.717) is 12.2 Å². The van der Waals surface area contributed by atoms with Crippen molar-refractivity contribution in [2.24, 2.45) is 0 Å². The van der Waals surface area contributed by atoms with Gasteiger partial charge in [0.25, 0.3) is 0 Å². The molecule has 1 rings (SSSR count). The molecule has 0 atom stereocenters. The Morgan fingerprint density at radius 1 is 0.870 bits per heavy atom. The normalized spacial score (nSPS) is 10.5. The predicted octanol–water partition coefficient (Wildman–Crippen LogP) is 5.21. The number of benzene rings is 1. The molecule has 0 radical (unpaired) electrons. The largest absolute Gasteiger partial charge is 0.478 e. The van der Waals surface area contributed by atoms with Crippen LogP contribution in [0.1, 0.15) is 81.5 Å². The fourth-order valence-electron chi connectivity index (χ4n) is 2.43. The molecule has 0 aliphatic rings. The summed E-state index contributed by atoms with van der Waals surface area (Å²) in [6.07, 6.45) is 11.3. The first-order chi connectivity index (χ1) is 11.1. The van der Waals surface area contributed by atoms with Crippen LogP contribution < -0.4 is 4.74 Å². The summed E-state index contributed by atoms with van der Waals surface area (Å²) in [6.45, 7) is 2.22. The van der Waals surface area contributed by atoms with Crippen molar-refractivity contribution in [3.05, 3.63) is 29.8 Å². The van der Waals surface area contributed by atoms with Gasteiger partial charge in [-0.15, -0.1) is 0 Å². The average Bonchev–Trinajstić information content (AvgIpc) is 2.54. The maximum absolute atomic E-state index is 11.7. The molecule has 0 saturated carbocycles. The quantitative estimate of drug-likeness (QED) is 0.326. The van der Waals surface area contributed by atoms with Crippen LogP contribution in [0.5, 0.6) is 5.75 Å². The molecule has 0 unspecified atom stereocenters. The molecule has 0 heterocycles. The minimum atomic E-state index is -0.988. The van der Waals surface area contributed by atoms with Crippen molar-refractivity contribution in [2.45, 2.75) is 71.1 Å². The third-order valence-electron chi connectivity index (χ3n) is 3.82. The molecule has 0 bridgehead atoms.